The molecule has 0 aliphatic heterocycles. The molecular formula is C6H15Cl2OP. The Balaban J connectivity index is 4.59. The summed E-state index contributed by atoms with van der Waals surface area (Å²) in [5.74, 6) is 0. The molecule has 0 saturated heterocycles. The zero-order chi connectivity index (χ0) is 8.60. The summed E-state index contributed by atoms with van der Waals surface area (Å²) >= 11 is 11.8. The van der Waals surface area contributed by atoms with E-state index in [2.05, 4.69) is 0 Å². The van der Waals surface area contributed by atoms with Crippen molar-refractivity contribution in [3.63, 3.8) is 0 Å². The van der Waals surface area contributed by atoms with Crippen LogP contribution in [-0.2, 0) is 0 Å². The molecule has 0 spiro atoms. The van der Waals surface area contributed by atoms with Crippen LogP contribution in [0.1, 0.15) is 27.7 Å². The minimum absolute atomic E-state index is 0.0469. The first-order valence-corrected chi connectivity index (χ1v) is 7.50. The predicted octanol–water partition coefficient (Wildman–Crippen LogP) is 3.57. The monoisotopic (exact) mass is 204 g/mol. The van der Waals surface area contributed by atoms with Gasteiger partial charge in [-0.3, -0.25) is 0 Å². The first-order valence-electron chi connectivity index (χ1n) is 3.36. The molecule has 10 heavy (non-hydrogen) atoms. The van der Waals surface area contributed by atoms with Gasteiger partial charge in [-0.2, -0.15) is 0 Å². The summed E-state index contributed by atoms with van der Waals surface area (Å²) in [6.07, 6.45) is 0. The normalized spacial score (nSPS) is 17.5. The van der Waals surface area contributed by atoms with Crippen molar-refractivity contribution in [3.05, 3.63) is 0 Å². The molecule has 0 saturated carbocycles. The fourth-order valence-electron chi connectivity index (χ4n) is 0.596. The topological polar surface area (TPSA) is 20.2 Å². The van der Waals surface area contributed by atoms with Gasteiger partial charge in [-0.1, -0.05) is 0 Å². The Hall–Kier alpha value is 0.970. The minimum atomic E-state index is -3.37. The number of hydrogen-bond donors (Lipinski definition) is 1. The Morgan fingerprint density at radius 1 is 1.00 bits per heavy atom. The molecule has 0 aliphatic rings. The molecule has 4 heteroatoms. The maximum atomic E-state index is 9.80. The van der Waals surface area contributed by atoms with Crippen molar-refractivity contribution in [2.45, 2.75) is 39.0 Å². The number of hydrogen-bond acceptors (Lipinski definition) is 1. The summed E-state index contributed by atoms with van der Waals surface area (Å²) in [6.45, 7) is 7.38. The molecule has 1 nitrogen and oxygen atoms in total. The Labute approximate surface area is 72.3 Å². The van der Waals surface area contributed by atoms with Gasteiger partial charge < -0.3 is 0 Å². The van der Waals surface area contributed by atoms with Gasteiger partial charge in [0, 0.05) is 0 Å². The van der Waals surface area contributed by atoms with E-state index in [4.69, 9.17) is 22.5 Å². The van der Waals surface area contributed by atoms with E-state index in [1.165, 1.54) is 0 Å². The van der Waals surface area contributed by atoms with Crippen LogP contribution in [0.3, 0.4) is 0 Å². The first kappa shape index (κ1) is 11.0. The van der Waals surface area contributed by atoms with Gasteiger partial charge >= 0.3 is 71.9 Å². The summed E-state index contributed by atoms with van der Waals surface area (Å²) in [7, 11) is 0. The third-order valence-electron chi connectivity index (χ3n) is 1.84. The fourth-order valence-corrected chi connectivity index (χ4v) is 1.79. The van der Waals surface area contributed by atoms with Crippen molar-refractivity contribution < 1.29 is 4.89 Å². The molecule has 0 fully saturated rings. The third-order valence-corrected chi connectivity index (χ3v) is 10.2. The Bertz CT molecular complexity index is 113. The molecular weight excluding hydrogens is 190 g/mol. The van der Waals surface area contributed by atoms with Gasteiger partial charge in [0.05, 0.1) is 0 Å². The van der Waals surface area contributed by atoms with Gasteiger partial charge in [-0.15, -0.1) is 0 Å². The second kappa shape index (κ2) is 2.79. The first-order chi connectivity index (χ1) is 4.17. The standard InChI is InChI=1S/C6H15Cl2OP/c1-5(2)10(7,8,9)6(3)4/h5-6,9H,1-4H3. The van der Waals surface area contributed by atoms with Crippen LogP contribution in [0.15, 0.2) is 0 Å². The van der Waals surface area contributed by atoms with E-state index in [1.54, 1.807) is 0 Å². The number of rotatable bonds is 2. The molecule has 0 amide bonds. The van der Waals surface area contributed by atoms with E-state index >= 15 is 0 Å². The molecule has 0 aromatic heterocycles. The Morgan fingerprint density at radius 3 is 1.20 bits per heavy atom. The van der Waals surface area contributed by atoms with Crippen LogP contribution in [0.2, 0.25) is 0 Å². The maximum absolute atomic E-state index is 9.80. The molecule has 0 aromatic rings. The molecule has 0 aliphatic carbocycles. The van der Waals surface area contributed by atoms with Gasteiger partial charge in [0.25, 0.3) is 0 Å². The van der Waals surface area contributed by atoms with E-state index in [9.17, 15) is 4.89 Å². The molecule has 0 unspecified atom stereocenters. The summed E-state index contributed by atoms with van der Waals surface area (Å²) in [4.78, 5) is 9.80. The molecule has 0 aromatic carbocycles. The SMILES string of the molecule is CC(C)P(O)(Cl)(Cl)C(C)C. The van der Waals surface area contributed by atoms with Crippen LogP contribution < -0.4 is 0 Å². The summed E-state index contributed by atoms with van der Waals surface area (Å²) in [6, 6.07) is 0. The quantitative estimate of drug-likeness (QED) is 0.683. The molecule has 64 valence electrons. The van der Waals surface area contributed by atoms with Gasteiger partial charge in [0.1, 0.15) is 0 Å². The van der Waals surface area contributed by atoms with E-state index in [0.29, 0.717) is 0 Å². The van der Waals surface area contributed by atoms with Crippen LogP contribution in [0.25, 0.3) is 0 Å². The zero-order valence-electron chi connectivity index (χ0n) is 6.81. The van der Waals surface area contributed by atoms with Crippen LogP contribution in [-0.4, -0.2) is 16.2 Å². The molecule has 0 bridgehead atoms. The fraction of sp³-hybridized carbons (Fsp3) is 1.00. The van der Waals surface area contributed by atoms with Crippen molar-refractivity contribution in [3.8, 4) is 0 Å². The average Bonchev–Trinajstić information content (AvgIpc) is 1.63. The van der Waals surface area contributed by atoms with Gasteiger partial charge in [0.15, 0.2) is 0 Å². The number of halogens is 2. The summed E-state index contributed by atoms with van der Waals surface area (Å²) in [5, 5.41) is 0. The molecule has 0 heterocycles. The molecule has 0 radical (unpaired) electrons. The summed E-state index contributed by atoms with van der Waals surface area (Å²) in [5.41, 5.74) is -3.47. The van der Waals surface area contributed by atoms with E-state index in [-0.39, 0.29) is 11.3 Å². The van der Waals surface area contributed by atoms with Gasteiger partial charge in [-0.25, -0.2) is 0 Å². The van der Waals surface area contributed by atoms with Crippen LogP contribution in [0.5, 0.6) is 0 Å². The Morgan fingerprint density at radius 2 is 1.20 bits per heavy atom. The predicted molar refractivity (Wildman–Crippen MR) is 51.1 cm³/mol. The van der Waals surface area contributed by atoms with E-state index in [1.807, 2.05) is 27.7 Å². The van der Waals surface area contributed by atoms with Crippen molar-refractivity contribution in [2.75, 3.05) is 0 Å². The van der Waals surface area contributed by atoms with Gasteiger partial charge in [-0.05, 0) is 0 Å². The van der Waals surface area contributed by atoms with Gasteiger partial charge in [0.2, 0.25) is 0 Å². The second-order valence-corrected chi connectivity index (χ2v) is 12.0. The van der Waals surface area contributed by atoms with Crippen molar-refractivity contribution >= 4 is 28.0 Å². The van der Waals surface area contributed by atoms with Crippen LogP contribution in [0.4, 0.5) is 0 Å². The molecule has 0 atom stereocenters. The van der Waals surface area contributed by atoms with Crippen molar-refractivity contribution in [1.82, 2.24) is 0 Å². The van der Waals surface area contributed by atoms with E-state index < -0.39 is 5.54 Å². The zero-order valence-corrected chi connectivity index (χ0v) is 9.21. The third kappa shape index (κ3) is 1.98. The second-order valence-electron chi connectivity index (χ2n) is 3.17. The van der Waals surface area contributed by atoms with E-state index in [0.717, 1.165) is 0 Å². The van der Waals surface area contributed by atoms with Crippen molar-refractivity contribution in [1.29, 1.82) is 0 Å². The van der Waals surface area contributed by atoms with Crippen LogP contribution >= 0.6 is 28.0 Å². The van der Waals surface area contributed by atoms with Crippen molar-refractivity contribution in [2.24, 2.45) is 0 Å². The summed E-state index contributed by atoms with van der Waals surface area (Å²) < 4.78 is 0. The average molecular weight is 205 g/mol. The molecule has 0 rings (SSSR count). The Kier molecular flexibility index (Phi) is 3.06. The molecule has 1 N–H and O–H groups in total. The van der Waals surface area contributed by atoms with Crippen LogP contribution in [0, 0.1) is 0 Å².